The number of carbonyl (C=O) groups excluding carboxylic acids is 1. The number of methoxy groups -OCH3 is 1. The average molecular weight is 415 g/mol. The van der Waals surface area contributed by atoms with Crippen LogP contribution in [-0.4, -0.2) is 33.4 Å². The minimum Gasteiger partial charge on any atom is -0.497 e. The van der Waals surface area contributed by atoms with Gasteiger partial charge in [-0.1, -0.05) is 17.3 Å². The van der Waals surface area contributed by atoms with Crippen molar-refractivity contribution < 1.29 is 23.7 Å². The lowest BCUT2D eigenvalue weighted by atomic mass is 10.2. The Morgan fingerprint density at radius 3 is 2.72 bits per heavy atom. The van der Waals surface area contributed by atoms with Crippen LogP contribution in [0.3, 0.4) is 0 Å². The number of hydrogen-bond donors (Lipinski definition) is 0. The van der Waals surface area contributed by atoms with Crippen LogP contribution >= 0.6 is 11.8 Å². The summed E-state index contributed by atoms with van der Waals surface area (Å²) in [5, 5.41) is 14.1. The molecule has 0 amide bonds. The first kappa shape index (κ1) is 20.3. The molecule has 0 fully saturated rings. The minimum atomic E-state index is -0.516. The van der Waals surface area contributed by atoms with E-state index in [9.17, 15) is 14.9 Å². The van der Waals surface area contributed by atoms with E-state index in [-0.39, 0.29) is 18.2 Å². The van der Waals surface area contributed by atoms with Gasteiger partial charge in [0.1, 0.15) is 11.0 Å². The number of nitrogens with zero attached hydrogens (tertiary/aromatic N) is 3. The molecule has 0 N–H and O–H groups in total. The lowest BCUT2D eigenvalue weighted by Crippen LogP contribution is -2.16. The number of esters is 1. The van der Waals surface area contributed by atoms with Crippen molar-refractivity contribution >= 4 is 23.4 Å². The number of thioether (sulfide) groups is 1. The average Bonchev–Trinajstić information content (AvgIpc) is 3.21. The summed E-state index contributed by atoms with van der Waals surface area (Å²) in [5.41, 5.74) is 0.709. The second-order valence-electron chi connectivity index (χ2n) is 5.86. The molecular formula is C19H17N3O6S. The predicted octanol–water partition coefficient (Wildman–Crippen LogP) is 3.88. The van der Waals surface area contributed by atoms with Crippen molar-refractivity contribution in [2.75, 3.05) is 7.11 Å². The highest BCUT2D eigenvalue weighted by molar-refractivity contribution is 8.00. The zero-order valence-electron chi connectivity index (χ0n) is 15.6. The van der Waals surface area contributed by atoms with Crippen LogP contribution in [0.2, 0.25) is 0 Å². The number of ether oxygens (including phenoxy) is 2. The van der Waals surface area contributed by atoms with Crippen molar-refractivity contribution in [2.45, 2.75) is 23.7 Å². The first-order valence-electron chi connectivity index (χ1n) is 8.51. The van der Waals surface area contributed by atoms with E-state index in [1.54, 1.807) is 44.4 Å². The van der Waals surface area contributed by atoms with Crippen LogP contribution in [0.25, 0.3) is 11.4 Å². The van der Waals surface area contributed by atoms with Crippen LogP contribution in [0, 0.1) is 10.1 Å². The molecule has 0 aliphatic rings. The quantitative estimate of drug-likeness (QED) is 0.234. The molecule has 0 saturated heterocycles. The van der Waals surface area contributed by atoms with Gasteiger partial charge in [0.25, 0.3) is 11.6 Å². The third-order valence-electron chi connectivity index (χ3n) is 3.83. The van der Waals surface area contributed by atoms with Gasteiger partial charge in [0.05, 0.1) is 12.0 Å². The fraction of sp³-hybridized carbons (Fsp3) is 0.211. The van der Waals surface area contributed by atoms with E-state index in [1.807, 2.05) is 6.07 Å². The monoisotopic (exact) mass is 415 g/mol. The summed E-state index contributed by atoms with van der Waals surface area (Å²) in [6, 6.07) is 13.1. The Kier molecular flexibility index (Phi) is 6.45. The van der Waals surface area contributed by atoms with E-state index in [0.717, 1.165) is 4.90 Å². The molecule has 0 spiro atoms. The summed E-state index contributed by atoms with van der Waals surface area (Å²) >= 11 is 1.24. The largest absolute Gasteiger partial charge is 0.497 e. The van der Waals surface area contributed by atoms with Gasteiger partial charge >= 0.3 is 5.97 Å². The van der Waals surface area contributed by atoms with E-state index in [1.165, 1.54) is 23.9 Å². The highest BCUT2D eigenvalue weighted by atomic mass is 32.2. The molecule has 0 saturated carbocycles. The molecular weight excluding hydrogens is 398 g/mol. The maximum atomic E-state index is 12.2. The van der Waals surface area contributed by atoms with Crippen molar-refractivity contribution in [1.82, 2.24) is 10.1 Å². The van der Waals surface area contributed by atoms with Crippen molar-refractivity contribution in [3.8, 4) is 17.1 Å². The minimum absolute atomic E-state index is 0.00665. The SMILES string of the molecule is COc1cccc(-c2noc(COC(=O)C(C)Sc3ccc([N+](=O)[O-])cc3)n2)c1. The Morgan fingerprint density at radius 2 is 2.03 bits per heavy atom. The maximum absolute atomic E-state index is 12.2. The third-order valence-corrected chi connectivity index (χ3v) is 4.92. The molecule has 3 rings (SSSR count). The molecule has 10 heteroatoms. The molecule has 9 nitrogen and oxygen atoms in total. The molecule has 0 aliphatic carbocycles. The number of hydrogen-bond acceptors (Lipinski definition) is 9. The van der Waals surface area contributed by atoms with Crippen molar-refractivity contribution in [1.29, 1.82) is 0 Å². The Hall–Kier alpha value is -3.40. The summed E-state index contributed by atoms with van der Waals surface area (Å²) in [6.45, 7) is 1.53. The van der Waals surface area contributed by atoms with Gasteiger partial charge in [-0.2, -0.15) is 4.98 Å². The maximum Gasteiger partial charge on any atom is 0.319 e. The summed E-state index contributed by atoms with van der Waals surface area (Å²) in [5.74, 6) is 0.735. The molecule has 150 valence electrons. The number of rotatable bonds is 8. The third kappa shape index (κ3) is 5.32. The summed E-state index contributed by atoms with van der Waals surface area (Å²) < 4.78 is 15.5. The molecule has 0 bridgehead atoms. The van der Waals surface area contributed by atoms with Gasteiger partial charge in [-0.3, -0.25) is 14.9 Å². The predicted molar refractivity (Wildman–Crippen MR) is 104 cm³/mol. The molecule has 1 atom stereocenters. The van der Waals surface area contributed by atoms with Crippen LogP contribution in [0.1, 0.15) is 12.8 Å². The zero-order valence-corrected chi connectivity index (χ0v) is 16.4. The van der Waals surface area contributed by atoms with Crippen LogP contribution < -0.4 is 4.74 Å². The fourth-order valence-electron chi connectivity index (χ4n) is 2.34. The summed E-state index contributed by atoms with van der Waals surface area (Å²) in [6.07, 6.45) is 0. The second-order valence-corrected chi connectivity index (χ2v) is 7.28. The van der Waals surface area contributed by atoms with Crippen LogP contribution in [0.15, 0.2) is 57.9 Å². The van der Waals surface area contributed by atoms with Gasteiger partial charge in [-0.25, -0.2) is 0 Å². The molecule has 3 aromatic rings. The Balaban J connectivity index is 1.54. The van der Waals surface area contributed by atoms with Crippen molar-refractivity contribution in [2.24, 2.45) is 0 Å². The molecule has 2 aromatic carbocycles. The molecule has 29 heavy (non-hydrogen) atoms. The Labute approximate surface area is 170 Å². The Bertz CT molecular complexity index is 1010. The number of nitro groups is 1. The van der Waals surface area contributed by atoms with E-state index in [4.69, 9.17) is 14.0 Å². The van der Waals surface area contributed by atoms with Crippen LogP contribution in [-0.2, 0) is 16.1 Å². The fourth-order valence-corrected chi connectivity index (χ4v) is 3.21. The topological polar surface area (TPSA) is 118 Å². The highest BCUT2D eigenvalue weighted by Gasteiger charge is 2.18. The first-order chi connectivity index (χ1) is 14.0. The lowest BCUT2D eigenvalue weighted by molar-refractivity contribution is -0.384. The number of aromatic nitrogens is 2. The normalized spacial score (nSPS) is 11.7. The van der Waals surface area contributed by atoms with Crippen molar-refractivity contribution in [3.05, 3.63) is 64.5 Å². The van der Waals surface area contributed by atoms with E-state index in [2.05, 4.69) is 10.1 Å². The smallest absolute Gasteiger partial charge is 0.319 e. The van der Waals surface area contributed by atoms with Gasteiger partial charge in [0.15, 0.2) is 6.61 Å². The standard InChI is InChI=1S/C19H17N3O6S/c1-12(29-16-8-6-14(7-9-16)22(24)25)19(23)27-11-17-20-18(21-28-17)13-4-3-5-15(10-13)26-2/h3-10,12H,11H2,1-2H3. The van der Waals surface area contributed by atoms with Crippen LogP contribution in [0.4, 0.5) is 5.69 Å². The van der Waals surface area contributed by atoms with E-state index >= 15 is 0 Å². The molecule has 1 aromatic heterocycles. The number of carbonyl (C=O) groups is 1. The van der Waals surface area contributed by atoms with Gasteiger partial charge in [0.2, 0.25) is 5.82 Å². The number of benzene rings is 2. The summed E-state index contributed by atoms with van der Waals surface area (Å²) in [7, 11) is 1.57. The van der Waals surface area contributed by atoms with Crippen LogP contribution in [0.5, 0.6) is 5.75 Å². The second kappa shape index (κ2) is 9.20. The molecule has 0 radical (unpaired) electrons. The number of nitro benzene ring substituents is 1. The van der Waals surface area contributed by atoms with Gasteiger partial charge in [-0.05, 0) is 31.2 Å². The van der Waals surface area contributed by atoms with Gasteiger partial charge in [-0.15, -0.1) is 11.8 Å². The highest BCUT2D eigenvalue weighted by Crippen LogP contribution is 2.26. The molecule has 1 unspecified atom stereocenters. The molecule has 1 heterocycles. The van der Waals surface area contributed by atoms with Gasteiger partial charge in [0, 0.05) is 22.6 Å². The van der Waals surface area contributed by atoms with E-state index in [0.29, 0.717) is 17.1 Å². The Morgan fingerprint density at radius 1 is 1.28 bits per heavy atom. The zero-order chi connectivity index (χ0) is 20.8. The lowest BCUT2D eigenvalue weighted by Gasteiger charge is -2.09. The van der Waals surface area contributed by atoms with Crippen molar-refractivity contribution in [3.63, 3.8) is 0 Å². The first-order valence-corrected chi connectivity index (χ1v) is 9.39. The number of non-ortho nitro benzene ring substituents is 1. The molecule has 0 aliphatic heterocycles. The summed E-state index contributed by atoms with van der Waals surface area (Å²) in [4.78, 5) is 27.3. The van der Waals surface area contributed by atoms with Gasteiger partial charge < -0.3 is 14.0 Å². The van der Waals surface area contributed by atoms with E-state index < -0.39 is 16.1 Å².